The summed E-state index contributed by atoms with van der Waals surface area (Å²) in [4.78, 5) is 69.1. The van der Waals surface area contributed by atoms with Gasteiger partial charge in [0.1, 0.15) is 24.7 Å². The first-order chi connectivity index (χ1) is 24.8. The van der Waals surface area contributed by atoms with E-state index in [0.717, 1.165) is 81.1 Å². The van der Waals surface area contributed by atoms with Crippen molar-refractivity contribution in [2.45, 2.75) is 50.2 Å². The van der Waals surface area contributed by atoms with Crippen LogP contribution in [0.4, 0.5) is 9.59 Å². The van der Waals surface area contributed by atoms with Crippen LogP contribution in [0.2, 0.25) is 0 Å². The number of aromatic amines is 2. The number of H-pyrrole nitrogens is 2. The number of piperidine rings is 1. The fraction of sp³-hybridized carbons (Fsp3) is 0.389. The minimum Gasteiger partial charge on any atom is -0.453 e. The number of methoxy groups -OCH3 is 2. The Kier molecular flexibility index (Phi) is 8.58. The number of carbonyl (C=O) groups is 4. The summed E-state index contributed by atoms with van der Waals surface area (Å²) in [7, 11) is 2.55. The summed E-state index contributed by atoms with van der Waals surface area (Å²) >= 11 is 1.72. The molecule has 4 atom stereocenters. The summed E-state index contributed by atoms with van der Waals surface area (Å²) < 4.78 is 11.5. The third kappa shape index (κ3) is 6.04. The number of likely N-dealkylation sites (tertiary alicyclic amines) is 2. The van der Waals surface area contributed by atoms with Gasteiger partial charge in [-0.15, -0.1) is 11.3 Å². The van der Waals surface area contributed by atoms with Crippen molar-refractivity contribution < 1.29 is 28.7 Å². The first-order valence-corrected chi connectivity index (χ1v) is 17.9. The highest BCUT2D eigenvalue weighted by Crippen LogP contribution is 2.50. The Labute approximate surface area is 296 Å². The molecule has 51 heavy (non-hydrogen) atoms. The van der Waals surface area contributed by atoms with E-state index in [1.807, 2.05) is 17.3 Å². The van der Waals surface area contributed by atoms with Crippen LogP contribution in [-0.2, 0) is 19.1 Å². The zero-order valence-corrected chi connectivity index (χ0v) is 29.0. The Morgan fingerprint density at radius 1 is 0.824 bits per heavy atom. The predicted octanol–water partition coefficient (Wildman–Crippen LogP) is 5.26. The topological polar surface area (TPSA) is 175 Å². The Hall–Kier alpha value is -5.44. The molecule has 2 aliphatic heterocycles. The molecule has 3 fully saturated rings. The van der Waals surface area contributed by atoms with E-state index in [9.17, 15) is 19.2 Å². The molecule has 4 N–H and O–H groups in total. The van der Waals surface area contributed by atoms with Gasteiger partial charge in [-0.1, -0.05) is 24.3 Å². The molecule has 0 unspecified atom stereocenters. The summed E-state index contributed by atoms with van der Waals surface area (Å²) in [6, 6.07) is 12.6. The molecule has 264 valence electrons. The molecule has 2 saturated heterocycles. The maximum atomic E-state index is 13.2. The van der Waals surface area contributed by atoms with Gasteiger partial charge in [0.15, 0.2) is 0 Å². The molecule has 3 aromatic heterocycles. The second kappa shape index (κ2) is 13.4. The summed E-state index contributed by atoms with van der Waals surface area (Å²) in [6.45, 7) is 0.374. The molecular formula is C36H38N8O6S. The second-order valence-electron chi connectivity index (χ2n) is 13.3. The molecule has 8 rings (SSSR count). The first-order valence-electron chi connectivity index (χ1n) is 17.1. The molecule has 4 amide bonds. The van der Waals surface area contributed by atoms with E-state index in [-0.39, 0.29) is 43.0 Å². The average Bonchev–Trinajstić information content (AvgIpc) is 4.00. The highest BCUT2D eigenvalue weighted by Gasteiger charge is 2.49. The lowest BCUT2D eigenvalue weighted by Crippen LogP contribution is -2.45. The van der Waals surface area contributed by atoms with Crippen LogP contribution in [0.1, 0.15) is 55.8 Å². The largest absolute Gasteiger partial charge is 0.453 e. The van der Waals surface area contributed by atoms with E-state index >= 15 is 0 Å². The number of carbonyl (C=O) groups excluding carboxylic acids is 4. The van der Waals surface area contributed by atoms with Gasteiger partial charge in [0, 0.05) is 43.9 Å². The number of fused-ring (bicyclic) bond motifs is 5. The number of hydrogen-bond donors (Lipinski definition) is 4. The highest BCUT2D eigenvalue weighted by molar-refractivity contribution is 7.25. The summed E-state index contributed by atoms with van der Waals surface area (Å²) in [5.41, 5.74) is 3.77. The number of alkyl carbamates (subject to hydrolysis) is 2. The van der Waals surface area contributed by atoms with Gasteiger partial charge in [0.2, 0.25) is 11.8 Å². The van der Waals surface area contributed by atoms with Crippen LogP contribution < -0.4 is 10.6 Å². The van der Waals surface area contributed by atoms with Crippen molar-refractivity contribution in [2.75, 3.05) is 33.9 Å². The lowest BCUT2D eigenvalue weighted by molar-refractivity contribution is -0.135. The van der Waals surface area contributed by atoms with Gasteiger partial charge in [-0.05, 0) is 50.2 Å². The number of benzene rings is 2. The Balaban J connectivity index is 1.00. The molecule has 2 bridgehead atoms. The Bertz CT molecular complexity index is 2160. The Morgan fingerprint density at radius 3 is 2.08 bits per heavy atom. The molecule has 15 heteroatoms. The van der Waals surface area contributed by atoms with E-state index in [2.05, 4.69) is 71.5 Å². The number of nitrogens with one attached hydrogen (secondary N) is 4. The zero-order valence-electron chi connectivity index (χ0n) is 28.2. The fourth-order valence-electron chi connectivity index (χ4n) is 8.08. The number of rotatable bonds is 8. The maximum absolute atomic E-state index is 13.2. The first kappa shape index (κ1) is 32.7. The lowest BCUT2D eigenvalue weighted by atomic mass is 9.98. The van der Waals surface area contributed by atoms with Crippen molar-refractivity contribution in [3.63, 3.8) is 0 Å². The number of nitrogens with zero attached hydrogens (tertiary/aromatic N) is 4. The number of thiophene rings is 1. The molecule has 1 aliphatic carbocycles. The smallest absolute Gasteiger partial charge is 0.407 e. The average molecular weight is 711 g/mol. The number of amides is 4. The predicted molar refractivity (Wildman–Crippen MR) is 190 cm³/mol. The molecular weight excluding hydrogens is 673 g/mol. The summed E-state index contributed by atoms with van der Waals surface area (Å²) in [6.07, 6.45) is 6.99. The molecule has 3 aliphatic rings. The van der Waals surface area contributed by atoms with Gasteiger partial charge in [0.25, 0.3) is 0 Å². The zero-order chi connectivity index (χ0) is 35.2. The molecule has 5 aromatic rings. The Morgan fingerprint density at radius 2 is 1.43 bits per heavy atom. The molecule has 14 nitrogen and oxygen atoms in total. The van der Waals surface area contributed by atoms with E-state index in [4.69, 9.17) is 4.98 Å². The number of aromatic nitrogens is 4. The monoisotopic (exact) mass is 710 g/mol. The van der Waals surface area contributed by atoms with Crippen molar-refractivity contribution in [2.24, 2.45) is 5.92 Å². The minimum atomic E-state index is -0.636. The van der Waals surface area contributed by atoms with Crippen molar-refractivity contribution >= 4 is 55.5 Å². The van der Waals surface area contributed by atoms with Crippen LogP contribution in [0.3, 0.4) is 0 Å². The van der Waals surface area contributed by atoms with Gasteiger partial charge >= 0.3 is 12.2 Å². The molecule has 5 heterocycles. The quantitative estimate of drug-likeness (QED) is 0.169. The van der Waals surface area contributed by atoms with Gasteiger partial charge in [-0.25, -0.2) is 19.6 Å². The van der Waals surface area contributed by atoms with Crippen molar-refractivity contribution in [1.82, 2.24) is 40.4 Å². The van der Waals surface area contributed by atoms with Gasteiger partial charge < -0.3 is 39.9 Å². The number of imidazole rings is 2. The van der Waals surface area contributed by atoms with Crippen LogP contribution in [0.5, 0.6) is 0 Å². The van der Waals surface area contributed by atoms with Crippen LogP contribution in [0.15, 0.2) is 48.8 Å². The maximum Gasteiger partial charge on any atom is 0.407 e. The molecule has 2 aromatic carbocycles. The van der Waals surface area contributed by atoms with Crippen LogP contribution in [-0.4, -0.2) is 93.6 Å². The normalized spacial score (nSPS) is 21.1. The number of ether oxygens (including phenoxy) is 2. The summed E-state index contributed by atoms with van der Waals surface area (Å²) in [5.74, 6) is 1.52. The van der Waals surface area contributed by atoms with Gasteiger partial charge in [-0.3, -0.25) is 9.59 Å². The fourth-order valence-corrected chi connectivity index (χ4v) is 9.26. The summed E-state index contributed by atoms with van der Waals surface area (Å²) in [5, 5.41) is 7.33. The number of hydrogen-bond acceptors (Lipinski definition) is 9. The van der Waals surface area contributed by atoms with E-state index in [1.54, 1.807) is 16.2 Å². The SMILES string of the molecule is COC(=O)NCC(=O)N1CCC[C@H]1c1ncc(-c2ccc3c(c2)sc2cc(-c4cnc([C@@H]5[C@H]6CC[C@H](C6)N5C(=O)CNC(=O)OC)[nH]4)ccc23)[nH]1. The third-order valence-electron chi connectivity index (χ3n) is 10.5. The van der Waals surface area contributed by atoms with E-state index in [1.165, 1.54) is 19.6 Å². The minimum absolute atomic E-state index is 0.108. The van der Waals surface area contributed by atoms with E-state index < -0.39 is 12.2 Å². The van der Waals surface area contributed by atoms with Crippen molar-refractivity contribution in [3.8, 4) is 22.5 Å². The molecule has 1 saturated carbocycles. The lowest BCUT2D eigenvalue weighted by Gasteiger charge is -2.34. The van der Waals surface area contributed by atoms with Gasteiger partial charge in [-0.2, -0.15) is 0 Å². The van der Waals surface area contributed by atoms with Gasteiger partial charge in [0.05, 0.1) is 50.1 Å². The second-order valence-corrected chi connectivity index (χ2v) is 14.4. The van der Waals surface area contributed by atoms with E-state index in [0.29, 0.717) is 12.5 Å². The molecule has 0 spiro atoms. The van der Waals surface area contributed by atoms with Crippen LogP contribution >= 0.6 is 11.3 Å². The highest BCUT2D eigenvalue weighted by atomic mass is 32.1. The van der Waals surface area contributed by atoms with Crippen LogP contribution in [0, 0.1) is 5.92 Å². The van der Waals surface area contributed by atoms with Crippen molar-refractivity contribution in [3.05, 3.63) is 60.4 Å². The standard InChI is InChI=1S/C36H38N8O6S/c1-49-35(47)39-17-30(45)43-11-3-4-27(43)33-37-15-25(41-33)19-6-9-23-24-10-7-20(14-29(24)51-28(23)13-19)26-16-38-34(42-26)32-21-5-8-22(12-21)44(32)31(46)18-40-36(48)50-2/h6-7,9-10,13-16,21-22,27,32H,3-5,8,11-12,17-18H2,1-2H3,(H,37,41)(H,38,42)(H,39,47)(H,40,48)/t21-,22+,27-,32-/m0/s1. The molecule has 0 radical (unpaired) electrons. The van der Waals surface area contributed by atoms with Crippen molar-refractivity contribution in [1.29, 1.82) is 0 Å². The van der Waals surface area contributed by atoms with Crippen LogP contribution in [0.25, 0.3) is 42.7 Å². The third-order valence-corrected chi connectivity index (χ3v) is 11.6.